The molecule has 0 saturated heterocycles. The third kappa shape index (κ3) is 5.44. The molecule has 5 nitrogen and oxygen atoms in total. The van der Waals surface area contributed by atoms with Crippen molar-refractivity contribution in [1.29, 1.82) is 0 Å². The van der Waals surface area contributed by atoms with Gasteiger partial charge in [0.25, 0.3) is 5.91 Å². The second-order valence-corrected chi connectivity index (χ2v) is 7.76. The fraction of sp³-hybridized carbons (Fsp3) is 0.200. The van der Waals surface area contributed by atoms with Crippen molar-refractivity contribution < 1.29 is 19.1 Å². The fourth-order valence-corrected chi connectivity index (χ4v) is 3.30. The zero-order valence-corrected chi connectivity index (χ0v) is 17.5. The summed E-state index contributed by atoms with van der Waals surface area (Å²) in [7, 11) is 0. The van der Waals surface area contributed by atoms with Crippen LogP contribution in [0.1, 0.15) is 40.4 Å². The van der Waals surface area contributed by atoms with Crippen LogP contribution >= 0.6 is 11.6 Å². The molecule has 1 aliphatic rings. The lowest BCUT2D eigenvalue weighted by Gasteiger charge is -2.19. The molecule has 1 fully saturated rings. The van der Waals surface area contributed by atoms with E-state index in [1.807, 2.05) is 24.3 Å². The van der Waals surface area contributed by atoms with Gasteiger partial charge in [-0.1, -0.05) is 72.3 Å². The predicted octanol–water partition coefficient (Wildman–Crippen LogP) is 5.10. The number of para-hydroxylation sites is 1. The Bertz CT molecular complexity index is 1070. The van der Waals surface area contributed by atoms with Gasteiger partial charge in [-0.2, -0.15) is 0 Å². The predicted molar refractivity (Wildman–Crippen MR) is 118 cm³/mol. The van der Waals surface area contributed by atoms with Crippen molar-refractivity contribution in [2.45, 2.75) is 31.6 Å². The molecule has 0 radical (unpaired) electrons. The highest BCUT2D eigenvalue weighted by atomic mass is 35.5. The van der Waals surface area contributed by atoms with Crippen LogP contribution in [0.3, 0.4) is 0 Å². The van der Waals surface area contributed by atoms with E-state index in [4.69, 9.17) is 21.1 Å². The molecule has 1 saturated carbocycles. The van der Waals surface area contributed by atoms with Gasteiger partial charge in [0.15, 0.2) is 0 Å². The molecule has 0 aromatic heterocycles. The summed E-state index contributed by atoms with van der Waals surface area (Å²) >= 11 is 6.19. The lowest BCUT2D eigenvalue weighted by molar-refractivity contribution is -0.130. The molecule has 158 valence electrons. The highest BCUT2D eigenvalue weighted by Crippen LogP contribution is 2.27. The van der Waals surface area contributed by atoms with Gasteiger partial charge in [-0.05, 0) is 31.0 Å². The van der Waals surface area contributed by atoms with Crippen LogP contribution in [0.2, 0.25) is 5.02 Å². The average Bonchev–Trinajstić information content (AvgIpc) is 3.61. The number of amides is 1. The van der Waals surface area contributed by atoms with E-state index in [1.54, 1.807) is 54.6 Å². The lowest BCUT2D eigenvalue weighted by atomic mass is 10.1. The van der Waals surface area contributed by atoms with Gasteiger partial charge in [0.05, 0.1) is 0 Å². The first-order valence-corrected chi connectivity index (χ1v) is 10.5. The molecule has 6 heteroatoms. The van der Waals surface area contributed by atoms with E-state index in [0.717, 1.165) is 18.4 Å². The molecule has 31 heavy (non-hydrogen) atoms. The van der Waals surface area contributed by atoms with Crippen LogP contribution in [0.25, 0.3) is 0 Å². The number of halogens is 1. The number of hydrogen-bond acceptors (Lipinski definition) is 4. The Morgan fingerprint density at radius 3 is 2.35 bits per heavy atom. The number of esters is 1. The molecule has 1 amide bonds. The van der Waals surface area contributed by atoms with Gasteiger partial charge in [0.2, 0.25) is 6.10 Å². The molecule has 3 aromatic rings. The van der Waals surface area contributed by atoms with Gasteiger partial charge in [0, 0.05) is 22.2 Å². The summed E-state index contributed by atoms with van der Waals surface area (Å²) in [6.07, 6.45) is 0.853. The van der Waals surface area contributed by atoms with Crippen LogP contribution in [0, 0.1) is 0 Å². The quantitative estimate of drug-likeness (QED) is 0.500. The minimum Gasteiger partial charge on any atom is -0.488 e. The van der Waals surface area contributed by atoms with Gasteiger partial charge in [0.1, 0.15) is 17.9 Å². The molecule has 1 aliphatic carbocycles. The van der Waals surface area contributed by atoms with Crippen LogP contribution in [0.4, 0.5) is 0 Å². The van der Waals surface area contributed by atoms with Crippen molar-refractivity contribution >= 4 is 23.5 Å². The van der Waals surface area contributed by atoms with Gasteiger partial charge in [-0.15, -0.1) is 0 Å². The summed E-state index contributed by atoms with van der Waals surface area (Å²) in [6, 6.07) is 23.3. The molecule has 4 rings (SSSR count). The Balaban J connectivity index is 1.52. The summed E-state index contributed by atoms with van der Waals surface area (Å²) in [5, 5.41) is 3.50. The summed E-state index contributed by atoms with van der Waals surface area (Å²) in [4.78, 5) is 25.8. The summed E-state index contributed by atoms with van der Waals surface area (Å²) in [6.45, 7) is 0.203. The third-order valence-corrected chi connectivity index (χ3v) is 5.31. The zero-order chi connectivity index (χ0) is 21.6. The van der Waals surface area contributed by atoms with E-state index in [9.17, 15) is 9.59 Å². The normalized spacial score (nSPS) is 13.8. The van der Waals surface area contributed by atoms with Crippen LogP contribution in [-0.2, 0) is 16.1 Å². The Kier molecular flexibility index (Phi) is 6.53. The number of benzene rings is 3. The van der Waals surface area contributed by atoms with Crippen molar-refractivity contribution in [1.82, 2.24) is 5.32 Å². The van der Waals surface area contributed by atoms with Gasteiger partial charge < -0.3 is 14.8 Å². The summed E-state index contributed by atoms with van der Waals surface area (Å²) in [5.41, 5.74) is 1.66. The van der Waals surface area contributed by atoms with E-state index in [0.29, 0.717) is 16.3 Å². The first-order valence-electron chi connectivity index (χ1n) is 10.1. The van der Waals surface area contributed by atoms with Crippen molar-refractivity contribution in [2.75, 3.05) is 0 Å². The molecular weight excluding hydrogens is 414 g/mol. The molecule has 0 aliphatic heterocycles. The van der Waals surface area contributed by atoms with Crippen molar-refractivity contribution in [3.63, 3.8) is 0 Å². The maximum atomic E-state index is 13.0. The van der Waals surface area contributed by atoms with Crippen molar-refractivity contribution in [2.24, 2.45) is 0 Å². The summed E-state index contributed by atoms with van der Waals surface area (Å²) in [5.74, 6) is -0.590. The molecular formula is C25H22ClNO4. The number of nitrogens with one attached hydrogen (secondary N) is 1. The first kappa shape index (κ1) is 20.9. The highest BCUT2D eigenvalue weighted by molar-refractivity contribution is 6.31. The topological polar surface area (TPSA) is 64.6 Å². The van der Waals surface area contributed by atoms with Gasteiger partial charge in [-0.25, -0.2) is 4.79 Å². The number of rotatable bonds is 8. The SMILES string of the molecule is O=C(O[C@@H](C(=O)NC1CC1)c1ccccc1)c1ccccc1OCc1ccccc1Cl. The Morgan fingerprint density at radius 2 is 1.61 bits per heavy atom. The first-order chi connectivity index (χ1) is 15.1. The standard InChI is InChI=1S/C25H22ClNO4/c26-21-12-6-4-10-18(21)16-30-22-13-7-5-11-20(22)25(29)31-23(17-8-2-1-3-9-17)24(28)27-19-14-15-19/h1-13,19,23H,14-16H2,(H,27,28)/t23-/m1/s1. The molecule has 3 aromatic carbocycles. The second kappa shape index (κ2) is 9.67. The zero-order valence-electron chi connectivity index (χ0n) is 16.8. The van der Waals surface area contributed by atoms with Crippen LogP contribution in [0.15, 0.2) is 78.9 Å². The third-order valence-electron chi connectivity index (χ3n) is 4.94. The smallest absolute Gasteiger partial charge is 0.343 e. The Hall–Kier alpha value is -3.31. The van der Waals surface area contributed by atoms with Crippen molar-refractivity contribution in [3.8, 4) is 5.75 Å². The largest absolute Gasteiger partial charge is 0.488 e. The molecule has 0 spiro atoms. The maximum absolute atomic E-state index is 13.0. The molecule has 1 atom stereocenters. The van der Waals surface area contributed by atoms with E-state index in [-0.39, 0.29) is 24.1 Å². The highest BCUT2D eigenvalue weighted by Gasteiger charge is 2.31. The van der Waals surface area contributed by atoms with Crippen LogP contribution in [-0.4, -0.2) is 17.9 Å². The van der Waals surface area contributed by atoms with E-state index < -0.39 is 12.1 Å². The van der Waals surface area contributed by atoms with E-state index in [2.05, 4.69) is 5.32 Å². The monoisotopic (exact) mass is 435 g/mol. The van der Waals surface area contributed by atoms with Crippen LogP contribution < -0.4 is 10.1 Å². The minimum absolute atomic E-state index is 0.156. The Morgan fingerprint density at radius 1 is 0.935 bits per heavy atom. The van der Waals surface area contributed by atoms with Crippen molar-refractivity contribution in [3.05, 3.63) is 101 Å². The number of ether oxygens (including phenoxy) is 2. The van der Waals surface area contributed by atoms with Crippen LogP contribution in [0.5, 0.6) is 5.75 Å². The number of carbonyl (C=O) groups excluding carboxylic acids is 2. The van der Waals surface area contributed by atoms with Gasteiger partial charge in [-0.3, -0.25) is 4.79 Å². The number of hydrogen-bond donors (Lipinski definition) is 1. The molecule has 0 unspecified atom stereocenters. The van der Waals surface area contributed by atoms with E-state index in [1.165, 1.54) is 0 Å². The summed E-state index contributed by atoms with van der Waals surface area (Å²) < 4.78 is 11.5. The number of carbonyl (C=O) groups is 2. The van der Waals surface area contributed by atoms with Gasteiger partial charge >= 0.3 is 5.97 Å². The maximum Gasteiger partial charge on any atom is 0.343 e. The molecule has 0 bridgehead atoms. The Labute approximate surface area is 185 Å². The second-order valence-electron chi connectivity index (χ2n) is 7.36. The molecule has 1 N–H and O–H groups in total. The fourth-order valence-electron chi connectivity index (χ4n) is 3.11. The lowest BCUT2D eigenvalue weighted by Crippen LogP contribution is -2.33. The average molecular weight is 436 g/mol. The van der Waals surface area contributed by atoms with E-state index >= 15 is 0 Å². The molecule has 0 heterocycles. The minimum atomic E-state index is -1.04.